The van der Waals surface area contributed by atoms with Gasteiger partial charge in [0.05, 0.1) is 10.6 Å². The molecule has 0 aromatic heterocycles. The van der Waals surface area contributed by atoms with Gasteiger partial charge < -0.3 is 10.2 Å². The van der Waals surface area contributed by atoms with Gasteiger partial charge in [0.15, 0.2) is 0 Å². The lowest BCUT2D eigenvalue weighted by Crippen LogP contribution is -2.51. The summed E-state index contributed by atoms with van der Waals surface area (Å²) in [7, 11) is -2.55. The van der Waals surface area contributed by atoms with E-state index in [0.29, 0.717) is 12.1 Å². The molecule has 38 heavy (non-hydrogen) atoms. The summed E-state index contributed by atoms with van der Waals surface area (Å²) < 4.78 is 28.9. The van der Waals surface area contributed by atoms with Crippen molar-refractivity contribution < 1.29 is 18.0 Å². The van der Waals surface area contributed by atoms with Crippen molar-refractivity contribution in [2.45, 2.75) is 58.5 Å². The summed E-state index contributed by atoms with van der Waals surface area (Å²) in [4.78, 5) is 28.3. The summed E-state index contributed by atoms with van der Waals surface area (Å²) in [6, 6.07) is 18.9. The first-order valence-corrected chi connectivity index (χ1v) is 14.1. The summed E-state index contributed by atoms with van der Waals surface area (Å²) in [5.41, 5.74) is 5.18. The minimum Gasteiger partial charge on any atom is -0.357 e. The van der Waals surface area contributed by atoms with E-state index < -0.39 is 28.5 Å². The first kappa shape index (κ1) is 28.9. The lowest BCUT2D eigenvalue weighted by Gasteiger charge is -2.33. The normalized spacial score (nSPS) is 12.1. The Morgan fingerprint density at radius 1 is 0.842 bits per heavy atom. The molecule has 0 saturated carbocycles. The second kappa shape index (κ2) is 12.3. The third kappa shape index (κ3) is 6.61. The molecule has 0 radical (unpaired) electrons. The van der Waals surface area contributed by atoms with Crippen molar-refractivity contribution in [1.82, 2.24) is 10.2 Å². The highest BCUT2D eigenvalue weighted by Gasteiger charge is 2.33. The van der Waals surface area contributed by atoms with Gasteiger partial charge in [-0.05, 0) is 75.1 Å². The number of nitrogens with zero attached hydrogens (tertiary/aromatic N) is 2. The molecule has 2 amide bonds. The Bertz CT molecular complexity index is 1380. The maximum absolute atomic E-state index is 13.9. The standard InChI is InChI=1S/C30H37N3O4S/c1-7-28(30(35)31-6)32(19-25-13-8-21(2)9-14-25)29(34)20-33(26-15-12-23(4)24(5)18-26)38(36,37)27-16-10-22(3)11-17-27/h8-18,28H,7,19-20H2,1-6H3,(H,31,35)/t28-/m0/s1. The molecular weight excluding hydrogens is 498 g/mol. The number of likely N-dealkylation sites (N-methyl/N-ethyl adjacent to an activating group) is 1. The average molecular weight is 536 g/mol. The van der Waals surface area contributed by atoms with Crippen molar-refractivity contribution in [3.05, 3.63) is 94.5 Å². The molecule has 3 aromatic rings. The van der Waals surface area contributed by atoms with E-state index in [9.17, 15) is 18.0 Å². The van der Waals surface area contributed by atoms with E-state index in [1.807, 2.05) is 65.0 Å². The zero-order chi connectivity index (χ0) is 28.0. The Balaban J connectivity index is 2.08. The quantitative estimate of drug-likeness (QED) is 0.409. The average Bonchev–Trinajstić information content (AvgIpc) is 2.89. The van der Waals surface area contributed by atoms with Gasteiger partial charge in [0.1, 0.15) is 12.6 Å². The van der Waals surface area contributed by atoms with Crippen LogP contribution in [0.15, 0.2) is 71.6 Å². The van der Waals surface area contributed by atoms with Gasteiger partial charge in [-0.15, -0.1) is 0 Å². The van der Waals surface area contributed by atoms with Crippen LogP contribution in [0.3, 0.4) is 0 Å². The van der Waals surface area contributed by atoms with Crippen molar-refractivity contribution in [3.63, 3.8) is 0 Å². The Kier molecular flexibility index (Phi) is 9.33. The predicted octanol–water partition coefficient (Wildman–Crippen LogP) is 4.67. The molecule has 202 valence electrons. The van der Waals surface area contributed by atoms with Crippen molar-refractivity contribution in [1.29, 1.82) is 0 Å². The Labute approximate surface area is 226 Å². The molecule has 0 aliphatic rings. The number of carbonyl (C=O) groups is 2. The van der Waals surface area contributed by atoms with Gasteiger partial charge in [-0.25, -0.2) is 8.42 Å². The molecule has 1 atom stereocenters. The van der Waals surface area contributed by atoms with E-state index in [0.717, 1.165) is 32.1 Å². The first-order chi connectivity index (χ1) is 18.0. The van der Waals surface area contributed by atoms with Crippen LogP contribution >= 0.6 is 0 Å². The molecule has 0 fully saturated rings. The summed E-state index contributed by atoms with van der Waals surface area (Å²) >= 11 is 0. The van der Waals surface area contributed by atoms with Crippen molar-refractivity contribution in [2.24, 2.45) is 0 Å². The number of aryl methyl sites for hydroxylation is 4. The number of carbonyl (C=O) groups excluding carboxylic acids is 2. The molecule has 3 rings (SSSR count). The summed E-state index contributed by atoms with van der Waals surface area (Å²) in [5, 5.41) is 2.64. The smallest absolute Gasteiger partial charge is 0.264 e. The molecule has 0 heterocycles. The van der Waals surface area contributed by atoms with E-state index in [1.165, 1.54) is 11.9 Å². The SMILES string of the molecule is CC[C@@H](C(=O)NC)N(Cc1ccc(C)cc1)C(=O)CN(c1ccc(C)c(C)c1)S(=O)(=O)c1ccc(C)cc1. The molecule has 0 saturated heterocycles. The third-order valence-electron chi connectivity index (χ3n) is 6.77. The van der Waals surface area contributed by atoms with Crippen LogP contribution in [0.25, 0.3) is 0 Å². The lowest BCUT2D eigenvalue weighted by molar-refractivity contribution is -0.140. The number of amides is 2. The first-order valence-electron chi connectivity index (χ1n) is 12.7. The Hall–Kier alpha value is -3.65. The van der Waals surface area contributed by atoms with Gasteiger partial charge in [0, 0.05) is 13.6 Å². The number of hydrogen-bond donors (Lipinski definition) is 1. The largest absolute Gasteiger partial charge is 0.357 e. The highest BCUT2D eigenvalue weighted by molar-refractivity contribution is 7.92. The fourth-order valence-corrected chi connectivity index (χ4v) is 5.63. The topological polar surface area (TPSA) is 86.8 Å². The predicted molar refractivity (Wildman–Crippen MR) is 152 cm³/mol. The highest BCUT2D eigenvalue weighted by atomic mass is 32.2. The van der Waals surface area contributed by atoms with Crippen molar-refractivity contribution in [3.8, 4) is 0 Å². The molecular formula is C30H37N3O4S. The van der Waals surface area contributed by atoms with Crippen LogP contribution in [0.5, 0.6) is 0 Å². The van der Waals surface area contributed by atoms with Crippen LogP contribution in [0.4, 0.5) is 5.69 Å². The van der Waals surface area contributed by atoms with Gasteiger partial charge >= 0.3 is 0 Å². The minimum absolute atomic E-state index is 0.0950. The van der Waals surface area contributed by atoms with E-state index in [-0.39, 0.29) is 17.3 Å². The highest BCUT2D eigenvalue weighted by Crippen LogP contribution is 2.27. The molecule has 0 aliphatic heterocycles. The number of rotatable bonds is 10. The van der Waals surface area contributed by atoms with Crippen LogP contribution in [-0.2, 0) is 26.2 Å². The van der Waals surface area contributed by atoms with Gasteiger partial charge in [0.25, 0.3) is 10.0 Å². The van der Waals surface area contributed by atoms with Crippen molar-refractivity contribution in [2.75, 3.05) is 17.9 Å². The molecule has 1 N–H and O–H groups in total. The fraction of sp³-hybridized carbons (Fsp3) is 0.333. The zero-order valence-corrected chi connectivity index (χ0v) is 23.8. The van der Waals surface area contributed by atoms with Crippen LogP contribution < -0.4 is 9.62 Å². The number of anilines is 1. The second-order valence-electron chi connectivity index (χ2n) is 9.64. The molecule has 7 nitrogen and oxygen atoms in total. The maximum Gasteiger partial charge on any atom is 0.264 e. The lowest BCUT2D eigenvalue weighted by atomic mass is 10.1. The van der Waals surface area contributed by atoms with Crippen LogP contribution in [0, 0.1) is 27.7 Å². The minimum atomic E-state index is -4.08. The van der Waals surface area contributed by atoms with E-state index >= 15 is 0 Å². The number of nitrogens with one attached hydrogen (secondary N) is 1. The molecule has 0 aliphatic carbocycles. The van der Waals surface area contributed by atoms with Gasteiger partial charge in [0.2, 0.25) is 11.8 Å². The van der Waals surface area contributed by atoms with Crippen LogP contribution in [0.2, 0.25) is 0 Å². The Morgan fingerprint density at radius 2 is 1.42 bits per heavy atom. The number of hydrogen-bond acceptors (Lipinski definition) is 4. The molecule has 0 unspecified atom stereocenters. The second-order valence-corrected chi connectivity index (χ2v) is 11.5. The summed E-state index contributed by atoms with van der Waals surface area (Å²) in [6.07, 6.45) is 0.381. The number of benzene rings is 3. The monoisotopic (exact) mass is 535 g/mol. The van der Waals surface area contributed by atoms with Crippen molar-refractivity contribution >= 4 is 27.5 Å². The fourth-order valence-electron chi connectivity index (χ4n) is 4.22. The van der Waals surface area contributed by atoms with E-state index in [4.69, 9.17) is 0 Å². The molecule has 0 spiro atoms. The van der Waals surface area contributed by atoms with Gasteiger partial charge in [-0.1, -0.05) is 60.5 Å². The van der Waals surface area contributed by atoms with E-state index in [1.54, 1.807) is 36.4 Å². The Morgan fingerprint density at radius 3 is 1.95 bits per heavy atom. The summed E-state index contributed by atoms with van der Waals surface area (Å²) in [5.74, 6) is -0.762. The number of sulfonamides is 1. The third-order valence-corrected chi connectivity index (χ3v) is 8.56. The van der Waals surface area contributed by atoms with Crippen LogP contribution in [0.1, 0.15) is 41.2 Å². The van der Waals surface area contributed by atoms with Crippen LogP contribution in [-0.4, -0.2) is 44.8 Å². The maximum atomic E-state index is 13.9. The molecule has 0 bridgehead atoms. The van der Waals surface area contributed by atoms with Gasteiger partial charge in [-0.3, -0.25) is 13.9 Å². The molecule has 8 heteroatoms. The van der Waals surface area contributed by atoms with Gasteiger partial charge in [-0.2, -0.15) is 0 Å². The van der Waals surface area contributed by atoms with E-state index in [2.05, 4.69) is 5.32 Å². The summed E-state index contributed by atoms with van der Waals surface area (Å²) in [6.45, 7) is 9.27. The zero-order valence-electron chi connectivity index (χ0n) is 23.0. The molecule has 3 aromatic carbocycles.